The molecule has 2 N–H and O–H groups in total. The van der Waals surface area contributed by atoms with Crippen molar-refractivity contribution < 1.29 is 4.79 Å². The number of H-pyrrole nitrogens is 1. The molecule has 4 rings (SSSR count). The van der Waals surface area contributed by atoms with Crippen LogP contribution in [0.3, 0.4) is 0 Å². The Morgan fingerprint density at radius 3 is 2.62 bits per heavy atom. The van der Waals surface area contributed by atoms with E-state index in [1.807, 2.05) is 61.5 Å². The SMILES string of the molecule is Cc1ccc(CNC(=O)CCc2nc3c(cnn3-c3ccccc3)c(=O)[nH]2)cc1. The van der Waals surface area contributed by atoms with Gasteiger partial charge in [-0.25, -0.2) is 9.67 Å². The third-order valence-electron chi connectivity index (χ3n) is 4.69. The first-order valence-electron chi connectivity index (χ1n) is 9.45. The number of para-hydroxylation sites is 1. The molecular weight excluding hydrogens is 366 g/mol. The highest BCUT2D eigenvalue weighted by molar-refractivity contribution is 5.77. The number of fused-ring (bicyclic) bond motifs is 1. The first kappa shape index (κ1) is 18.6. The van der Waals surface area contributed by atoms with E-state index in [0.717, 1.165) is 11.3 Å². The van der Waals surface area contributed by atoms with E-state index in [2.05, 4.69) is 20.4 Å². The molecule has 0 aliphatic carbocycles. The fourth-order valence-corrected chi connectivity index (χ4v) is 3.07. The van der Waals surface area contributed by atoms with Crippen LogP contribution in [-0.2, 0) is 17.8 Å². The van der Waals surface area contributed by atoms with Gasteiger partial charge in [0.25, 0.3) is 5.56 Å². The number of benzene rings is 2. The number of nitrogens with zero attached hydrogens (tertiary/aromatic N) is 3. The number of carbonyl (C=O) groups is 1. The third-order valence-corrected chi connectivity index (χ3v) is 4.69. The number of carbonyl (C=O) groups excluding carboxylic acids is 1. The van der Waals surface area contributed by atoms with Crippen molar-refractivity contribution in [3.63, 3.8) is 0 Å². The van der Waals surface area contributed by atoms with E-state index in [4.69, 9.17) is 0 Å². The van der Waals surface area contributed by atoms with Gasteiger partial charge in [-0.3, -0.25) is 9.59 Å². The predicted molar refractivity (Wildman–Crippen MR) is 111 cm³/mol. The first-order chi connectivity index (χ1) is 14.1. The summed E-state index contributed by atoms with van der Waals surface area (Å²) in [4.78, 5) is 31.9. The molecule has 0 unspecified atom stereocenters. The number of rotatable bonds is 6. The number of hydrogen-bond acceptors (Lipinski definition) is 4. The van der Waals surface area contributed by atoms with Gasteiger partial charge in [0, 0.05) is 19.4 Å². The Kier molecular flexibility index (Phi) is 5.20. The smallest absolute Gasteiger partial charge is 0.262 e. The Morgan fingerprint density at radius 1 is 1.10 bits per heavy atom. The minimum absolute atomic E-state index is 0.0927. The Morgan fingerprint density at radius 2 is 1.86 bits per heavy atom. The molecule has 0 aliphatic heterocycles. The summed E-state index contributed by atoms with van der Waals surface area (Å²) in [6, 6.07) is 17.5. The number of aromatic amines is 1. The lowest BCUT2D eigenvalue weighted by Crippen LogP contribution is -2.23. The van der Waals surface area contributed by atoms with Crippen LogP contribution in [-0.4, -0.2) is 25.7 Å². The molecular formula is C22H21N5O2. The zero-order chi connectivity index (χ0) is 20.2. The Labute approximate surface area is 167 Å². The van der Waals surface area contributed by atoms with Crippen LogP contribution in [0.15, 0.2) is 65.6 Å². The van der Waals surface area contributed by atoms with Gasteiger partial charge in [-0.05, 0) is 24.6 Å². The molecule has 1 amide bonds. The van der Waals surface area contributed by atoms with Crippen LogP contribution in [0.4, 0.5) is 0 Å². The van der Waals surface area contributed by atoms with Gasteiger partial charge < -0.3 is 10.3 Å². The van der Waals surface area contributed by atoms with Crippen LogP contribution in [0.2, 0.25) is 0 Å². The lowest BCUT2D eigenvalue weighted by atomic mass is 10.1. The number of hydrogen-bond donors (Lipinski definition) is 2. The summed E-state index contributed by atoms with van der Waals surface area (Å²) >= 11 is 0. The molecule has 2 aromatic carbocycles. The topological polar surface area (TPSA) is 92.7 Å². The lowest BCUT2D eigenvalue weighted by Gasteiger charge is -2.06. The highest BCUT2D eigenvalue weighted by Gasteiger charge is 2.12. The van der Waals surface area contributed by atoms with Crippen LogP contribution < -0.4 is 10.9 Å². The lowest BCUT2D eigenvalue weighted by molar-refractivity contribution is -0.121. The van der Waals surface area contributed by atoms with Gasteiger partial charge in [0.05, 0.1) is 11.9 Å². The van der Waals surface area contributed by atoms with Gasteiger partial charge >= 0.3 is 0 Å². The molecule has 7 heteroatoms. The van der Waals surface area contributed by atoms with Gasteiger partial charge in [-0.2, -0.15) is 5.10 Å². The number of aromatic nitrogens is 4. The van der Waals surface area contributed by atoms with Gasteiger partial charge in [0.15, 0.2) is 5.65 Å². The van der Waals surface area contributed by atoms with Gasteiger partial charge in [0.1, 0.15) is 11.2 Å². The van der Waals surface area contributed by atoms with Crippen LogP contribution in [0.25, 0.3) is 16.7 Å². The largest absolute Gasteiger partial charge is 0.352 e. The summed E-state index contributed by atoms with van der Waals surface area (Å²) in [5.41, 5.74) is 3.27. The highest BCUT2D eigenvalue weighted by Crippen LogP contribution is 2.13. The normalized spacial score (nSPS) is 10.9. The van der Waals surface area contributed by atoms with E-state index in [-0.39, 0.29) is 17.9 Å². The second-order valence-corrected chi connectivity index (χ2v) is 6.90. The van der Waals surface area contributed by atoms with E-state index >= 15 is 0 Å². The molecule has 29 heavy (non-hydrogen) atoms. The molecule has 0 saturated carbocycles. The van der Waals surface area contributed by atoms with Crippen molar-refractivity contribution in [1.29, 1.82) is 0 Å². The van der Waals surface area contributed by atoms with E-state index in [1.165, 1.54) is 11.8 Å². The summed E-state index contributed by atoms with van der Waals surface area (Å²) < 4.78 is 1.63. The number of aryl methyl sites for hydroxylation is 2. The molecule has 0 fully saturated rings. The minimum Gasteiger partial charge on any atom is -0.352 e. The molecule has 2 aromatic heterocycles. The molecule has 146 valence electrons. The standard InChI is InChI=1S/C22H21N5O2/c1-15-7-9-16(10-8-15)13-23-20(28)12-11-19-25-21-18(22(29)26-19)14-24-27(21)17-5-3-2-4-6-17/h2-10,14H,11-13H2,1H3,(H,23,28)(H,25,26,29). The fourth-order valence-electron chi connectivity index (χ4n) is 3.07. The Bertz CT molecular complexity index is 1190. The molecule has 0 bridgehead atoms. The summed E-state index contributed by atoms with van der Waals surface area (Å²) in [7, 11) is 0. The zero-order valence-corrected chi connectivity index (χ0v) is 16.1. The van der Waals surface area contributed by atoms with E-state index in [1.54, 1.807) is 4.68 Å². The quantitative estimate of drug-likeness (QED) is 0.532. The molecule has 4 aromatic rings. The second kappa shape index (κ2) is 8.10. The average molecular weight is 387 g/mol. The molecule has 0 saturated heterocycles. The summed E-state index contributed by atoms with van der Waals surface area (Å²) in [6.45, 7) is 2.50. The monoisotopic (exact) mass is 387 g/mol. The number of amides is 1. The summed E-state index contributed by atoms with van der Waals surface area (Å²) in [6.07, 6.45) is 2.08. The van der Waals surface area contributed by atoms with E-state index in [9.17, 15) is 9.59 Å². The van der Waals surface area contributed by atoms with Gasteiger partial charge in [-0.1, -0.05) is 48.0 Å². The molecule has 0 spiro atoms. The minimum atomic E-state index is -0.257. The van der Waals surface area contributed by atoms with Crippen LogP contribution in [0, 0.1) is 6.92 Å². The maximum atomic E-state index is 12.4. The van der Waals surface area contributed by atoms with Gasteiger partial charge in [0.2, 0.25) is 5.91 Å². The average Bonchev–Trinajstić information content (AvgIpc) is 3.17. The van der Waals surface area contributed by atoms with Gasteiger partial charge in [-0.15, -0.1) is 0 Å². The molecule has 0 atom stereocenters. The summed E-state index contributed by atoms with van der Waals surface area (Å²) in [5, 5.41) is 7.60. The van der Waals surface area contributed by atoms with Crippen molar-refractivity contribution in [2.75, 3.05) is 0 Å². The van der Waals surface area contributed by atoms with Crippen molar-refractivity contribution in [2.45, 2.75) is 26.3 Å². The van der Waals surface area contributed by atoms with E-state index in [0.29, 0.717) is 29.8 Å². The highest BCUT2D eigenvalue weighted by atomic mass is 16.1. The van der Waals surface area contributed by atoms with Crippen LogP contribution in [0.1, 0.15) is 23.4 Å². The predicted octanol–water partition coefficient (Wildman–Crippen LogP) is 2.67. The molecule has 0 radical (unpaired) electrons. The maximum absolute atomic E-state index is 12.4. The van der Waals surface area contributed by atoms with Crippen molar-refractivity contribution in [3.05, 3.63) is 88.1 Å². The van der Waals surface area contributed by atoms with Crippen molar-refractivity contribution >= 4 is 16.9 Å². The molecule has 7 nitrogen and oxygen atoms in total. The Balaban J connectivity index is 1.46. The first-order valence-corrected chi connectivity index (χ1v) is 9.45. The number of nitrogens with one attached hydrogen (secondary N) is 2. The zero-order valence-electron chi connectivity index (χ0n) is 16.1. The van der Waals surface area contributed by atoms with Crippen LogP contribution in [0.5, 0.6) is 0 Å². The fraction of sp³-hybridized carbons (Fsp3) is 0.182. The Hall–Kier alpha value is -3.74. The van der Waals surface area contributed by atoms with Crippen LogP contribution >= 0.6 is 0 Å². The van der Waals surface area contributed by atoms with E-state index < -0.39 is 0 Å². The molecule has 2 heterocycles. The summed E-state index contributed by atoms with van der Waals surface area (Å²) in [5.74, 6) is 0.371. The molecule has 0 aliphatic rings. The van der Waals surface area contributed by atoms with Crippen molar-refractivity contribution in [2.24, 2.45) is 0 Å². The third kappa shape index (κ3) is 4.24. The van der Waals surface area contributed by atoms with Crippen molar-refractivity contribution in [3.8, 4) is 5.69 Å². The second-order valence-electron chi connectivity index (χ2n) is 6.90. The maximum Gasteiger partial charge on any atom is 0.262 e. The van der Waals surface area contributed by atoms with Crippen molar-refractivity contribution in [1.82, 2.24) is 25.1 Å².